The Hall–Kier alpha value is -2.07. The Kier molecular flexibility index (Phi) is 8.77. The van der Waals surface area contributed by atoms with E-state index in [1.807, 2.05) is 54.6 Å². The number of nitrogens with one attached hydrogen (secondary N) is 1. The molecular weight excluding hydrogens is 425 g/mol. The fourth-order valence-electron chi connectivity index (χ4n) is 3.71. The molecule has 0 spiro atoms. The molecule has 5 heteroatoms. The lowest BCUT2D eigenvalue weighted by atomic mass is 10.1. The Morgan fingerprint density at radius 2 is 1.81 bits per heavy atom. The van der Waals surface area contributed by atoms with Crippen molar-refractivity contribution in [2.45, 2.75) is 39.7 Å². The van der Waals surface area contributed by atoms with Crippen molar-refractivity contribution >= 4 is 51.9 Å². The first kappa shape index (κ1) is 23.6. The molecule has 164 valence electrons. The average Bonchev–Trinajstić information content (AvgIpc) is 2.76. The van der Waals surface area contributed by atoms with Gasteiger partial charge in [0.1, 0.15) is 0 Å². The number of fused-ring (bicyclic) bond motifs is 1. The normalized spacial score (nSPS) is 12.7. The predicted molar refractivity (Wildman–Crippen MR) is 137 cm³/mol. The molecular formula is C26H31Cl2N3. The van der Waals surface area contributed by atoms with Crippen LogP contribution in [-0.4, -0.2) is 35.6 Å². The molecule has 0 saturated heterocycles. The molecule has 0 aliphatic rings. The summed E-state index contributed by atoms with van der Waals surface area (Å²) in [7, 11) is 0. The summed E-state index contributed by atoms with van der Waals surface area (Å²) in [6, 6.07) is 16.1. The summed E-state index contributed by atoms with van der Waals surface area (Å²) >= 11 is 12.5. The highest BCUT2D eigenvalue weighted by molar-refractivity contribution is 6.32. The standard InChI is InChI=1S/C26H31Cl2N3/c1-4-31(5-2)16-8-9-19(3)29-26-18-22(14-12-20-10-6-7-11-24(20)28)30-25-17-21(27)13-15-23(25)26/h6-7,10-15,17-19H,4-5,8-9,16H2,1-3H3,(H,29,30)/b14-12+/t19-/m1/s1. The molecule has 31 heavy (non-hydrogen) atoms. The van der Waals surface area contributed by atoms with Crippen molar-refractivity contribution in [2.75, 3.05) is 25.0 Å². The topological polar surface area (TPSA) is 28.2 Å². The largest absolute Gasteiger partial charge is 0.382 e. The van der Waals surface area contributed by atoms with Crippen molar-refractivity contribution in [3.05, 3.63) is 69.8 Å². The van der Waals surface area contributed by atoms with Gasteiger partial charge in [0, 0.05) is 27.2 Å². The van der Waals surface area contributed by atoms with E-state index in [9.17, 15) is 0 Å². The van der Waals surface area contributed by atoms with Crippen molar-refractivity contribution in [3.63, 3.8) is 0 Å². The van der Waals surface area contributed by atoms with Gasteiger partial charge in [-0.1, -0.05) is 61.3 Å². The van der Waals surface area contributed by atoms with E-state index in [1.165, 1.54) is 6.42 Å². The molecule has 3 aromatic rings. The lowest BCUT2D eigenvalue weighted by Gasteiger charge is -2.21. The van der Waals surface area contributed by atoms with Gasteiger partial charge in [-0.2, -0.15) is 0 Å². The van der Waals surface area contributed by atoms with Gasteiger partial charge in [0.25, 0.3) is 0 Å². The zero-order valence-electron chi connectivity index (χ0n) is 18.5. The molecule has 0 saturated carbocycles. The predicted octanol–water partition coefficient (Wildman–Crippen LogP) is 7.63. The van der Waals surface area contributed by atoms with E-state index >= 15 is 0 Å². The fraction of sp³-hybridized carbons (Fsp3) is 0.346. The Morgan fingerprint density at radius 1 is 1.03 bits per heavy atom. The van der Waals surface area contributed by atoms with Crippen molar-refractivity contribution < 1.29 is 0 Å². The third-order valence-corrected chi connectivity index (χ3v) is 6.12. The molecule has 3 rings (SSSR count). The lowest BCUT2D eigenvalue weighted by Crippen LogP contribution is -2.25. The molecule has 0 bridgehead atoms. The molecule has 0 radical (unpaired) electrons. The summed E-state index contributed by atoms with van der Waals surface area (Å²) in [6.45, 7) is 10.0. The summed E-state index contributed by atoms with van der Waals surface area (Å²) in [6.07, 6.45) is 6.28. The molecule has 1 aromatic heterocycles. The first-order valence-electron chi connectivity index (χ1n) is 11.0. The third-order valence-electron chi connectivity index (χ3n) is 5.54. The van der Waals surface area contributed by atoms with E-state index in [0.717, 1.165) is 58.9 Å². The van der Waals surface area contributed by atoms with Crippen LogP contribution < -0.4 is 5.32 Å². The molecule has 3 nitrogen and oxygen atoms in total. The van der Waals surface area contributed by atoms with Crippen molar-refractivity contribution in [1.82, 2.24) is 9.88 Å². The van der Waals surface area contributed by atoms with Crippen molar-refractivity contribution in [2.24, 2.45) is 0 Å². The zero-order valence-corrected chi connectivity index (χ0v) is 20.0. The minimum atomic E-state index is 0.359. The van der Waals surface area contributed by atoms with E-state index in [1.54, 1.807) is 0 Å². The first-order valence-corrected chi connectivity index (χ1v) is 11.8. The minimum Gasteiger partial charge on any atom is -0.382 e. The molecule has 1 heterocycles. The number of rotatable bonds is 10. The summed E-state index contributed by atoms with van der Waals surface area (Å²) in [5, 5.41) is 6.19. The molecule has 1 N–H and O–H groups in total. The van der Waals surface area contributed by atoms with Crippen LogP contribution in [0, 0.1) is 0 Å². The van der Waals surface area contributed by atoms with Gasteiger partial charge in [-0.25, -0.2) is 4.98 Å². The van der Waals surface area contributed by atoms with Gasteiger partial charge >= 0.3 is 0 Å². The van der Waals surface area contributed by atoms with Crippen LogP contribution >= 0.6 is 23.2 Å². The van der Waals surface area contributed by atoms with Gasteiger partial charge < -0.3 is 10.2 Å². The van der Waals surface area contributed by atoms with Gasteiger partial charge in [-0.15, -0.1) is 0 Å². The number of anilines is 1. The van der Waals surface area contributed by atoms with E-state index in [4.69, 9.17) is 28.2 Å². The van der Waals surface area contributed by atoms with Crippen LogP contribution in [0.3, 0.4) is 0 Å². The Bertz CT molecular complexity index is 1030. The highest BCUT2D eigenvalue weighted by Gasteiger charge is 2.10. The third kappa shape index (κ3) is 6.70. The van der Waals surface area contributed by atoms with Crippen LogP contribution in [0.4, 0.5) is 5.69 Å². The van der Waals surface area contributed by atoms with E-state index in [-0.39, 0.29) is 0 Å². The number of nitrogens with zero attached hydrogens (tertiary/aromatic N) is 2. The quantitative estimate of drug-likeness (QED) is 0.340. The SMILES string of the molecule is CCN(CC)CCC[C@@H](C)Nc1cc(/C=C/c2ccccc2Cl)nc2cc(Cl)ccc12. The van der Waals surface area contributed by atoms with Crippen LogP contribution in [-0.2, 0) is 0 Å². The number of pyridine rings is 1. The van der Waals surface area contributed by atoms with Gasteiger partial charge in [0.05, 0.1) is 11.2 Å². The summed E-state index contributed by atoms with van der Waals surface area (Å²) in [5.74, 6) is 0. The van der Waals surface area contributed by atoms with Gasteiger partial charge in [0.15, 0.2) is 0 Å². The maximum absolute atomic E-state index is 6.29. The Morgan fingerprint density at radius 3 is 2.55 bits per heavy atom. The Balaban J connectivity index is 1.81. The summed E-state index contributed by atoms with van der Waals surface area (Å²) in [4.78, 5) is 7.26. The smallest absolute Gasteiger partial charge is 0.0744 e. The van der Waals surface area contributed by atoms with Crippen LogP contribution in [0.1, 0.15) is 44.9 Å². The zero-order chi connectivity index (χ0) is 22.2. The molecule has 2 aromatic carbocycles. The number of hydrogen-bond acceptors (Lipinski definition) is 3. The average molecular weight is 456 g/mol. The second kappa shape index (κ2) is 11.5. The van der Waals surface area contributed by atoms with Crippen LogP contribution in [0.25, 0.3) is 23.1 Å². The van der Waals surface area contributed by atoms with Crippen LogP contribution in [0.5, 0.6) is 0 Å². The number of benzene rings is 2. The van der Waals surface area contributed by atoms with Gasteiger partial charge in [0.2, 0.25) is 0 Å². The molecule has 0 aliphatic carbocycles. The van der Waals surface area contributed by atoms with E-state index in [2.05, 4.69) is 37.1 Å². The molecule has 0 amide bonds. The van der Waals surface area contributed by atoms with Crippen molar-refractivity contribution in [3.8, 4) is 0 Å². The first-order chi connectivity index (χ1) is 15.0. The molecule has 1 atom stereocenters. The van der Waals surface area contributed by atoms with Gasteiger partial charge in [-0.3, -0.25) is 0 Å². The van der Waals surface area contributed by atoms with Crippen molar-refractivity contribution in [1.29, 1.82) is 0 Å². The van der Waals surface area contributed by atoms with Crippen LogP contribution in [0.2, 0.25) is 10.0 Å². The second-order valence-electron chi connectivity index (χ2n) is 7.83. The second-order valence-corrected chi connectivity index (χ2v) is 8.67. The maximum Gasteiger partial charge on any atom is 0.0744 e. The lowest BCUT2D eigenvalue weighted by molar-refractivity contribution is 0.295. The summed E-state index contributed by atoms with van der Waals surface area (Å²) in [5.41, 5.74) is 3.80. The van der Waals surface area contributed by atoms with E-state index in [0.29, 0.717) is 11.1 Å². The minimum absolute atomic E-state index is 0.359. The number of aromatic nitrogens is 1. The van der Waals surface area contributed by atoms with Gasteiger partial charge in [-0.05, 0) is 81.4 Å². The summed E-state index contributed by atoms with van der Waals surface area (Å²) < 4.78 is 0. The highest BCUT2D eigenvalue weighted by Crippen LogP contribution is 2.28. The number of hydrogen-bond donors (Lipinski definition) is 1. The maximum atomic E-state index is 6.29. The molecule has 0 unspecified atom stereocenters. The molecule has 0 aliphatic heterocycles. The highest BCUT2D eigenvalue weighted by atomic mass is 35.5. The van der Waals surface area contributed by atoms with E-state index < -0.39 is 0 Å². The fourth-order valence-corrected chi connectivity index (χ4v) is 4.08. The van der Waals surface area contributed by atoms with Crippen LogP contribution in [0.15, 0.2) is 48.5 Å². The Labute approximate surface area is 196 Å². The monoisotopic (exact) mass is 455 g/mol. The number of halogens is 2. The molecule has 0 fully saturated rings.